The quantitative estimate of drug-likeness (QED) is 0.467. The van der Waals surface area contributed by atoms with Gasteiger partial charge < -0.3 is 0 Å². The molecule has 18 nitrogen and oxygen atoms in total. The van der Waals surface area contributed by atoms with Gasteiger partial charge in [-0.3, -0.25) is 61.4 Å². The number of anilines is 2. The molecule has 1 aromatic heterocycles. The summed E-state index contributed by atoms with van der Waals surface area (Å²) in [5.41, 5.74) is -1.61. The van der Waals surface area contributed by atoms with Crippen LogP contribution in [-0.2, 0) is 0 Å². The van der Waals surface area contributed by atoms with E-state index in [0.717, 1.165) is 0 Å². The Labute approximate surface area is 156 Å². The van der Waals surface area contributed by atoms with Gasteiger partial charge in [-0.2, -0.15) is 0 Å². The van der Waals surface area contributed by atoms with E-state index >= 15 is 0 Å². The van der Waals surface area contributed by atoms with Crippen LogP contribution >= 0.6 is 0 Å². The molecule has 150 valence electrons. The number of nitro groups is 5. The lowest BCUT2D eigenvalue weighted by atomic mass is 10.2. The first-order chi connectivity index (χ1) is 13.5. The molecule has 0 bridgehead atoms. The number of rotatable bonds is 8. The normalized spacial score (nSPS) is 10.1. The van der Waals surface area contributed by atoms with Gasteiger partial charge in [0.2, 0.25) is 11.5 Å². The third-order valence-corrected chi connectivity index (χ3v) is 3.25. The van der Waals surface area contributed by atoms with Crippen molar-refractivity contribution in [1.29, 1.82) is 0 Å². The second-order valence-corrected chi connectivity index (χ2v) is 4.96. The molecule has 29 heavy (non-hydrogen) atoms. The first-order valence-corrected chi connectivity index (χ1v) is 6.95. The molecule has 1 aromatic carbocycles. The van der Waals surface area contributed by atoms with Crippen molar-refractivity contribution in [1.82, 2.24) is 4.98 Å². The lowest BCUT2D eigenvalue weighted by Gasteiger charge is -2.10. The average molecular weight is 410 g/mol. The molecule has 0 unspecified atom stereocenters. The van der Waals surface area contributed by atoms with Crippen LogP contribution < -0.4 is 10.9 Å². The SMILES string of the molecule is O=[N+]([O-])c1cnc(NNc2c([N+](=O)[O-])cc([N+](=O)[O-])cc2[N+](=O)[O-])c([N+](=O)[O-])c1. The highest BCUT2D eigenvalue weighted by Gasteiger charge is 2.31. The van der Waals surface area contributed by atoms with Gasteiger partial charge in [-0.25, -0.2) is 4.98 Å². The molecule has 0 saturated carbocycles. The Morgan fingerprint density at radius 1 is 0.621 bits per heavy atom. The molecular weight excluding hydrogens is 404 g/mol. The molecule has 18 heteroatoms. The Morgan fingerprint density at radius 3 is 1.48 bits per heavy atom. The number of nitro benzene ring substituents is 3. The predicted molar refractivity (Wildman–Crippen MR) is 91.2 cm³/mol. The second-order valence-electron chi connectivity index (χ2n) is 4.96. The Hall–Kier alpha value is -5.03. The maximum Gasteiger partial charge on any atom is 0.319 e. The van der Waals surface area contributed by atoms with Crippen molar-refractivity contribution in [2.75, 3.05) is 10.9 Å². The summed E-state index contributed by atoms with van der Waals surface area (Å²) < 4.78 is 0. The van der Waals surface area contributed by atoms with Gasteiger partial charge in [0.1, 0.15) is 6.20 Å². The van der Waals surface area contributed by atoms with Crippen molar-refractivity contribution in [3.05, 3.63) is 75.0 Å². The van der Waals surface area contributed by atoms with Crippen molar-refractivity contribution in [2.45, 2.75) is 0 Å². The van der Waals surface area contributed by atoms with Gasteiger partial charge in [0.15, 0.2) is 0 Å². The van der Waals surface area contributed by atoms with Gasteiger partial charge in [-0.1, -0.05) is 0 Å². The lowest BCUT2D eigenvalue weighted by Crippen LogP contribution is -2.15. The Morgan fingerprint density at radius 2 is 1.07 bits per heavy atom. The van der Waals surface area contributed by atoms with Crippen LogP contribution in [0.1, 0.15) is 0 Å². The highest BCUT2D eigenvalue weighted by atomic mass is 16.6. The molecule has 1 heterocycles. The molecule has 0 radical (unpaired) electrons. The molecule has 2 aromatic rings. The number of benzene rings is 1. The number of aromatic nitrogens is 1. The van der Waals surface area contributed by atoms with E-state index in [4.69, 9.17) is 0 Å². The van der Waals surface area contributed by atoms with Crippen LogP contribution in [0.2, 0.25) is 0 Å². The van der Waals surface area contributed by atoms with Gasteiger partial charge in [0.05, 0.1) is 42.8 Å². The van der Waals surface area contributed by atoms with Gasteiger partial charge in [0.25, 0.3) is 11.4 Å². The third-order valence-electron chi connectivity index (χ3n) is 3.25. The highest BCUT2D eigenvalue weighted by Crippen LogP contribution is 2.38. The van der Waals surface area contributed by atoms with E-state index in [1.807, 2.05) is 10.9 Å². The van der Waals surface area contributed by atoms with Gasteiger partial charge in [-0.15, -0.1) is 0 Å². The third kappa shape index (κ3) is 4.21. The highest BCUT2D eigenvalue weighted by molar-refractivity contribution is 5.78. The molecule has 0 fully saturated rings. The van der Waals surface area contributed by atoms with Crippen molar-refractivity contribution in [3.8, 4) is 0 Å². The smallest absolute Gasteiger partial charge is 0.287 e. The molecule has 0 atom stereocenters. The van der Waals surface area contributed by atoms with Crippen LogP contribution in [0.15, 0.2) is 24.4 Å². The van der Waals surface area contributed by atoms with Crippen LogP contribution in [0, 0.1) is 50.6 Å². The summed E-state index contributed by atoms with van der Waals surface area (Å²) in [5.74, 6) is -0.664. The van der Waals surface area contributed by atoms with Crippen LogP contribution in [0.3, 0.4) is 0 Å². The molecule has 0 amide bonds. The number of pyridine rings is 1. The number of hydrogen-bond donors (Lipinski definition) is 2. The number of nitrogens with one attached hydrogen (secondary N) is 2. The summed E-state index contributed by atoms with van der Waals surface area (Å²) in [6, 6.07) is 1.42. The van der Waals surface area contributed by atoms with E-state index in [1.165, 1.54) is 0 Å². The average Bonchev–Trinajstić information content (AvgIpc) is 2.64. The molecule has 2 N–H and O–H groups in total. The zero-order valence-corrected chi connectivity index (χ0v) is 13.6. The van der Waals surface area contributed by atoms with Crippen LogP contribution in [-0.4, -0.2) is 29.6 Å². The van der Waals surface area contributed by atoms with Crippen LogP contribution in [0.5, 0.6) is 0 Å². The molecule has 2 rings (SSSR count). The number of hydrazine groups is 1. The topological polar surface area (TPSA) is 253 Å². The summed E-state index contributed by atoms with van der Waals surface area (Å²) in [7, 11) is 0. The minimum Gasteiger partial charge on any atom is -0.287 e. The summed E-state index contributed by atoms with van der Waals surface area (Å²) in [6.45, 7) is 0. The van der Waals surface area contributed by atoms with E-state index in [2.05, 4.69) is 4.98 Å². The summed E-state index contributed by atoms with van der Waals surface area (Å²) in [4.78, 5) is 53.0. The maximum atomic E-state index is 11.2. The number of non-ortho nitro benzene ring substituents is 1. The van der Waals surface area contributed by atoms with E-state index in [1.54, 1.807) is 0 Å². The summed E-state index contributed by atoms with van der Waals surface area (Å²) >= 11 is 0. The Balaban J connectivity index is 2.54. The van der Waals surface area contributed by atoms with Crippen LogP contribution in [0.25, 0.3) is 0 Å². The maximum absolute atomic E-state index is 11.2. The van der Waals surface area contributed by atoms with Gasteiger partial charge in [-0.05, 0) is 0 Å². The lowest BCUT2D eigenvalue weighted by molar-refractivity contribution is -0.401. The number of hydrogen-bond acceptors (Lipinski definition) is 13. The molecular formula is C11H6N8O10. The monoisotopic (exact) mass is 410 g/mol. The van der Waals surface area contributed by atoms with E-state index < -0.39 is 64.6 Å². The van der Waals surface area contributed by atoms with Crippen molar-refractivity contribution in [2.24, 2.45) is 0 Å². The van der Waals surface area contributed by atoms with Crippen molar-refractivity contribution in [3.63, 3.8) is 0 Å². The van der Waals surface area contributed by atoms with Crippen molar-refractivity contribution < 1.29 is 24.6 Å². The Bertz CT molecular complexity index is 1030. The number of nitrogens with zero attached hydrogens (tertiary/aromatic N) is 6. The second kappa shape index (κ2) is 7.69. The van der Waals surface area contributed by atoms with E-state index in [9.17, 15) is 50.6 Å². The first-order valence-electron chi connectivity index (χ1n) is 6.95. The predicted octanol–water partition coefficient (Wildman–Crippen LogP) is 2.06. The molecule has 0 aliphatic carbocycles. The molecule has 0 spiro atoms. The summed E-state index contributed by atoms with van der Waals surface area (Å²) in [5, 5.41) is 54.9. The van der Waals surface area contributed by atoms with E-state index in [0.29, 0.717) is 24.4 Å². The minimum absolute atomic E-state index is 0.439. The first kappa shape index (κ1) is 20.3. The fourth-order valence-corrected chi connectivity index (χ4v) is 2.02. The fraction of sp³-hybridized carbons (Fsp3) is 0. The zero-order chi connectivity index (χ0) is 21.9. The molecule has 0 aliphatic rings. The van der Waals surface area contributed by atoms with Gasteiger partial charge >= 0.3 is 17.1 Å². The Kier molecular flexibility index (Phi) is 5.38. The fourth-order valence-electron chi connectivity index (χ4n) is 2.02. The largest absolute Gasteiger partial charge is 0.319 e. The molecule has 0 saturated heterocycles. The van der Waals surface area contributed by atoms with Crippen LogP contribution in [0.4, 0.5) is 39.9 Å². The minimum atomic E-state index is -1.15. The van der Waals surface area contributed by atoms with Gasteiger partial charge in [0, 0.05) is 0 Å². The molecule has 0 aliphatic heterocycles. The van der Waals surface area contributed by atoms with E-state index in [-0.39, 0.29) is 0 Å². The summed E-state index contributed by atoms with van der Waals surface area (Å²) in [6.07, 6.45) is 0.635. The standard InChI is InChI=1S/C11H6N8O10/c20-15(21)5-1-7(17(24)25)10(8(2-5)18(26)27)13-14-11-9(19(28)29)3-6(4-12-11)16(22)23/h1-4,13H,(H,12,14). The van der Waals surface area contributed by atoms with Crippen molar-refractivity contribution >= 4 is 39.9 Å². The zero-order valence-electron chi connectivity index (χ0n) is 13.6.